The SMILES string of the molecule is CC(O)CN(CCNCc1cccc(Cl)c1)C(=O)OC(C)(C)C. The Morgan fingerprint density at radius 2 is 2.13 bits per heavy atom. The average molecular weight is 343 g/mol. The average Bonchev–Trinajstić information content (AvgIpc) is 2.40. The third-order valence-corrected chi connectivity index (χ3v) is 3.15. The normalized spacial score (nSPS) is 12.8. The predicted molar refractivity (Wildman–Crippen MR) is 92.6 cm³/mol. The Bertz CT molecular complexity index is 501. The fourth-order valence-corrected chi connectivity index (χ4v) is 2.21. The molecule has 1 rings (SSSR count). The molecule has 1 amide bonds. The molecular weight excluding hydrogens is 316 g/mol. The lowest BCUT2D eigenvalue weighted by Gasteiger charge is -2.28. The van der Waals surface area contributed by atoms with Crippen LogP contribution in [0.15, 0.2) is 24.3 Å². The van der Waals surface area contributed by atoms with E-state index in [1.165, 1.54) is 4.90 Å². The highest BCUT2D eigenvalue weighted by Gasteiger charge is 2.22. The van der Waals surface area contributed by atoms with E-state index in [0.29, 0.717) is 24.7 Å². The second kappa shape index (κ2) is 9.11. The van der Waals surface area contributed by atoms with Gasteiger partial charge < -0.3 is 20.1 Å². The third-order valence-electron chi connectivity index (χ3n) is 2.91. The van der Waals surface area contributed by atoms with Gasteiger partial charge in [0.1, 0.15) is 5.60 Å². The third kappa shape index (κ3) is 8.79. The second-order valence-electron chi connectivity index (χ2n) is 6.58. The molecule has 0 radical (unpaired) electrons. The van der Waals surface area contributed by atoms with Gasteiger partial charge in [-0.2, -0.15) is 0 Å². The van der Waals surface area contributed by atoms with Crippen molar-refractivity contribution in [3.05, 3.63) is 34.9 Å². The van der Waals surface area contributed by atoms with E-state index in [0.717, 1.165) is 5.56 Å². The lowest BCUT2D eigenvalue weighted by Crippen LogP contribution is -2.43. The molecule has 2 N–H and O–H groups in total. The zero-order chi connectivity index (χ0) is 17.5. The van der Waals surface area contributed by atoms with Gasteiger partial charge in [-0.05, 0) is 45.4 Å². The molecule has 0 aromatic heterocycles. The van der Waals surface area contributed by atoms with E-state index < -0.39 is 17.8 Å². The number of carbonyl (C=O) groups is 1. The molecule has 6 heteroatoms. The highest BCUT2D eigenvalue weighted by Crippen LogP contribution is 2.11. The monoisotopic (exact) mass is 342 g/mol. The minimum absolute atomic E-state index is 0.244. The first-order chi connectivity index (χ1) is 10.7. The Labute approximate surface area is 143 Å². The van der Waals surface area contributed by atoms with E-state index in [1.807, 2.05) is 45.0 Å². The molecular formula is C17H27ClN2O3. The van der Waals surface area contributed by atoms with Crippen LogP contribution in [0.25, 0.3) is 0 Å². The van der Waals surface area contributed by atoms with Crippen molar-refractivity contribution in [2.24, 2.45) is 0 Å². The van der Waals surface area contributed by atoms with E-state index in [2.05, 4.69) is 5.32 Å². The first-order valence-corrected chi connectivity index (χ1v) is 8.16. The molecule has 0 spiro atoms. The topological polar surface area (TPSA) is 61.8 Å². The molecule has 23 heavy (non-hydrogen) atoms. The van der Waals surface area contributed by atoms with Crippen LogP contribution < -0.4 is 5.32 Å². The summed E-state index contributed by atoms with van der Waals surface area (Å²) >= 11 is 5.94. The Morgan fingerprint density at radius 3 is 2.70 bits per heavy atom. The molecule has 0 bridgehead atoms. The van der Waals surface area contributed by atoms with Crippen molar-refractivity contribution in [1.29, 1.82) is 0 Å². The van der Waals surface area contributed by atoms with Crippen molar-refractivity contribution in [2.75, 3.05) is 19.6 Å². The van der Waals surface area contributed by atoms with Crippen LogP contribution in [0.4, 0.5) is 4.79 Å². The van der Waals surface area contributed by atoms with Crippen LogP contribution in [0, 0.1) is 0 Å². The molecule has 1 unspecified atom stereocenters. The molecule has 130 valence electrons. The van der Waals surface area contributed by atoms with Crippen LogP contribution in [0.5, 0.6) is 0 Å². The maximum Gasteiger partial charge on any atom is 0.410 e. The smallest absolute Gasteiger partial charge is 0.410 e. The number of carbonyl (C=O) groups excluding carboxylic acids is 1. The Kier molecular flexibility index (Phi) is 7.82. The summed E-state index contributed by atoms with van der Waals surface area (Å²) in [6.07, 6.45) is -1.02. The summed E-state index contributed by atoms with van der Waals surface area (Å²) in [5, 5.41) is 13.5. The lowest BCUT2D eigenvalue weighted by atomic mass is 10.2. The molecule has 5 nitrogen and oxygen atoms in total. The van der Waals surface area contributed by atoms with Crippen molar-refractivity contribution in [1.82, 2.24) is 10.2 Å². The zero-order valence-electron chi connectivity index (χ0n) is 14.3. The molecule has 0 heterocycles. The number of hydrogen-bond acceptors (Lipinski definition) is 4. The molecule has 0 aliphatic heterocycles. The fraction of sp³-hybridized carbons (Fsp3) is 0.588. The molecule has 0 saturated heterocycles. The van der Waals surface area contributed by atoms with Crippen molar-refractivity contribution < 1.29 is 14.6 Å². The number of amides is 1. The van der Waals surface area contributed by atoms with Crippen LogP contribution in [0.1, 0.15) is 33.3 Å². The van der Waals surface area contributed by atoms with Gasteiger partial charge in [0.25, 0.3) is 0 Å². The summed E-state index contributed by atoms with van der Waals surface area (Å²) in [5.41, 5.74) is 0.527. The quantitative estimate of drug-likeness (QED) is 0.748. The molecule has 1 atom stereocenters. The number of aliphatic hydroxyl groups excluding tert-OH is 1. The summed E-state index contributed by atoms with van der Waals surface area (Å²) in [7, 11) is 0. The van der Waals surface area contributed by atoms with Crippen molar-refractivity contribution in [3.8, 4) is 0 Å². The number of aliphatic hydroxyl groups is 1. The Morgan fingerprint density at radius 1 is 1.43 bits per heavy atom. The van der Waals surface area contributed by atoms with Gasteiger partial charge in [-0.15, -0.1) is 0 Å². The highest BCUT2D eigenvalue weighted by molar-refractivity contribution is 6.30. The van der Waals surface area contributed by atoms with Crippen LogP contribution >= 0.6 is 11.6 Å². The van der Waals surface area contributed by atoms with Crippen LogP contribution in [-0.2, 0) is 11.3 Å². The number of benzene rings is 1. The molecule has 0 saturated carbocycles. The van der Waals surface area contributed by atoms with Crippen molar-refractivity contribution in [3.63, 3.8) is 0 Å². The number of rotatable bonds is 7. The number of ether oxygens (including phenoxy) is 1. The van der Waals surface area contributed by atoms with Gasteiger partial charge in [0.15, 0.2) is 0 Å². The lowest BCUT2D eigenvalue weighted by molar-refractivity contribution is 0.0164. The summed E-state index contributed by atoms with van der Waals surface area (Å²) in [6, 6.07) is 7.62. The summed E-state index contributed by atoms with van der Waals surface area (Å²) in [5.74, 6) is 0. The highest BCUT2D eigenvalue weighted by atomic mass is 35.5. The summed E-state index contributed by atoms with van der Waals surface area (Å²) in [6.45, 7) is 9.08. The second-order valence-corrected chi connectivity index (χ2v) is 7.02. The minimum atomic E-state index is -0.601. The fourth-order valence-electron chi connectivity index (χ4n) is 2.00. The van der Waals surface area contributed by atoms with Gasteiger partial charge in [0.2, 0.25) is 0 Å². The maximum atomic E-state index is 12.2. The largest absolute Gasteiger partial charge is 0.444 e. The van der Waals surface area contributed by atoms with E-state index in [1.54, 1.807) is 6.92 Å². The van der Waals surface area contributed by atoms with Crippen LogP contribution in [-0.4, -0.2) is 47.4 Å². The summed E-state index contributed by atoms with van der Waals surface area (Å²) < 4.78 is 5.36. The van der Waals surface area contributed by atoms with Crippen LogP contribution in [0.3, 0.4) is 0 Å². The van der Waals surface area contributed by atoms with E-state index in [-0.39, 0.29) is 6.54 Å². The standard InChI is InChI=1S/C17H27ClN2O3/c1-13(21)12-20(16(22)23-17(2,3)4)9-8-19-11-14-6-5-7-15(18)10-14/h5-7,10,13,19,21H,8-9,11-12H2,1-4H3. The molecule has 1 aromatic carbocycles. The number of halogens is 1. The first kappa shape index (κ1) is 19.7. The van der Waals surface area contributed by atoms with Gasteiger partial charge in [-0.1, -0.05) is 23.7 Å². The number of hydrogen-bond donors (Lipinski definition) is 2. The Balaban J connectivity index is 2.46. The zero-order valence-corrected chi connectivity index (χ0v) is 15.1. The van der Waals surface area contributed by atoms with Gasteiger partial charge in [0, 0.05) is 31.2 Å². The number of nitrogens with one attached hydrogen (secondary N) is 1. The van der Waals surface area contributed by atoms with Crippen molar-refractivity contribution in [2.45, 2.75) is 45.9 Å². The van der Waals surface area contributed by atoms with Crippen LogP contribution in [0.2, 0.25) is 5.02 Å². The molecule has 0 aliphatic carbocycles. The van der Waals surface area contributed by atoms with Gasteiger partial charge in [-0.25, -0.2) is 4.79 Å². The van der Waals surface area contributed by atoms with E-state index in [9.17, 15) is 9.90 Å². The Hall–Kier alpha value is -1.30. The molecule has 0 aliphatic rings. The first-order valence-electron chi connectivity index (χ1n) is 7.78. The van der Waals surface area contributed by atoms with E-state index >= 15 is 0 Å². The number of nitrogens with zero attached hydrogens (tertiary/aromatic N) is 1. The maximum absolute atomic E-state index is 12.2. The van der Waals surface area contributed by atoms with Crippen molar-refractivity contribution >= 4 is 17.7 Å². The van der Waals surface area contributed by atoms with Gasteiger partial charge in [-0.3, -0.25) is 0 Å². The van der Waals surface area contributed by atoms with Gasteiger partial charge >= 0.3 is 6.09 Å². The molecule has 1 aromatic rings. The molecule has 0 fully saturated rings. The minimum Gasteiger partial charge on any atom is -0.444 e. The predicted octanol–water partition coefficient (Wildman–Crippen LogP) is 3.05. The van der Waals surface area contributed by atoms with Gasteiger partial charge in [0.05, 0.1) is 6.10 Å². The van der Waals surface area contributed by atoms with E-state index in [4.69, 9.17) is 16.3 Å². The summed E-state index contributed by atoms with van der Waals surface area (Å²) in [4.78, 5) is 13.7.